The molecule has 5 nitrogen and oxygen atoms in total. The maximum atomic E-state index is 11.5. The molecule has 0 saturated carbocycles. The van der Waals surface area contributed by atoms with Gasteiger partial charge in [0.25, 0.3) is 5.56 Å². The van der Waals surface area contributed by atoms with Gasteiger partial charge in [0.2, 0.25) is 0 Å². The lowest BCUT2D eigenvalue weighted by Gasteiger charge is -2.14. The van der Waals surface area contributed by atoms with Gasteiger partial charge < -0.3 is 15.2 Å². The third-order valence-electron chi connectivity index (χ3n) is 3.05. The molecule has 1 aliphatic heterocycles. The molecule has 1 atom stereocenters. The standard InChI is InChI=1S/C12H20N4O/c1-8(2)12-14-10(6-11(17)15-12)13-9-4-5-16(3)7-9/h6,8-9H,4-5,7H2,1-3H3,(H2,13,14,15,17). The van der Waals surface area contributed by atoms with Crippen LogP contribution in [0.4, 0.5) is 5.82 Å². The van der Waals surface area contributed by atoms with E-state index in [2.05, 4.69) is 27.2 Å². The van der Waals surface area contributed by atoms with Crippen molar-refractivity contribution in [2.45, 2.75) is 32.2 Å². The second-order valence-corrected chi connectivity index (χ2v) is 5.06. The maximum absolute atomic E-state index is 11.5. The van der Waals surface area contributed by atoms with Crippen LogP contribution < -0.4 is 10.9 Å². The highest BCUT2D eigenvalue weighted by Gasteiger charge is 2.19. The zero-order valence-corrected chi connectivity index (χ0v) is 10.7. The Morgan fingerprint density at radius 2 is 2.35 bits per heavy atom. The highest BCUT2D eigenvalue weighted by molar-refractivity contribution is 5.35. The van der Waals surface area contributed by atoms with Crippen molar-refractivity contribution in [2.75, 3.05) is 25.5 Å². The summed E-state index contributed by atoms with van der Waals surface area (Å²) in [7, 11) is 2.10. The summed E-state index contributed by atoms with van der Waals surface area (Å²) in [6, 6.07) is 1.93. The summed E-state index contributed by atoms with van der Waals surface area (Å²) in [5, 5.41) is 3.33. The van der Waals surface area contributed by atoms with E-state index >= 15 is 0 Å². The van der Waals surface area contributed by atoms with E-state index in [1.807, 2.05) is 13.8 Å². The van der Waals surface area contributed by atoms with E-state index in [9.17, 15) is 4.79 Å². The van der Waals surface area contributed by atoms with Crippen LogP contribution in [0.2, 0.25) is 0 Å². The average molecular weight is 236 g/mol. The molecule has 5 heteroatoms. The van der Waals surface area contributed by atoms with Gasteiger partial charge in [-0.2, -0.15) is 0 Å². The molecule has 1 saturated heterocycles. The first-order valence-electron chi connectivity index (χ1n) is 6.11. The third kappa shape index (κ3) is 3.06. The van der Waals surface area contributed by atoms with Gasteiger partial charge in [-0.3, -0.25) is 4.79 Å². The van der Waals surface area contributed by atoms with Gasteiger partial charge in [-0.25, -0.2) is 4.98 Å². The van der Waals surface area contributed by atoms with Crippen molar-refractivity contribution in [2.24, 2.45) is 0 Å². The van der Waals surface area contributed by atoms with Crippen molar-refractivity contribution in [1.29, 1.82) is 0 Å². The molecular formula is C12H20N4O. The number of H-pyrrole nitrogens is 1. The summed E-state index contributed by atoms with van der Waals surface area (Å²) in [6.45, 7) is 6.14. The molecule has 1 aliphatic rings. The number of hydrogen-bond donors (Lipinski definition) is 2. The molecule has 94 valence electrons. The van der Waals surface area contributed by atoms with Crippen LogP contribution in [0, 0.1) is 0 Å². The lowest BCUT2D eigenvalue weighted by molar-refractivity contribution is 0.414. The Kier molecular flexibility index (Phi) is 3.47. The highest BCUT2D eigenvalue weighted by atomic mass is 16.1. The summed E-state index contributed by atoms with van der Waals surface area (Å²) in [6.07, 6.45) is 1.10. The molecule has 0 aliphatic carbocycles. The predicted octanol–water partition coefficient (Wildman–Crippen LogP) is 1.01. The van der Waals surface area contributed by atoms with Gasteiger partial charge in [-0.15, -0.1) is 0 Å². The predicted molar refractivity (Wildman–Crippen MR) is 68.5 cm³/mol. The first kappa shape index (κ1) is 12.1. The smallest absolute Gasteiger partial charge is 0.252 e. The molecule has 1 aromatic rings. The van der Waals surface area contributed by atoms with Gasteiger partial charge in [-0.1, -0.05) is 13.8 Å². The number of rotatable bonds is 3. The topological polar surface area (TPSA) is 61.0 Å². The quantitative estimate of drug-likeness (QED) is 0.822. The SMILES string of the molecule is CC(C)c1nc(NC2CCN(C)C2)cc(=O)[nH]1. The second-order valence-electron chi connectivity index (χ2n) is 5.06. The first-order valence-corrected chi connectivity index (χ1v) is 6.11. The molecule has 0 radical (unpaired) electrons. The fourth-order valence-electron chi connectivity index (χ4n) is 2.09. The Morgan fingerprint density at radius 1 is 1.59 bits per heavy atom. The molecule has 0 bridgehead atoms. The van der Waals surface area contributed by atoms with Gasteiger partial charge in [-0.05, 0) is 20.0 Å². The van der Waals surface area contributed by atoms with Gasteiger partial charge in [0.1, 0.15) is 11.6 Å². The number of anilines is 1. The van der Waals surface area contributed by atoms with E-state index < -0.39 is 0 Å². The van der Waals surface area contributed by atoms with E-state index in [1.54, 1.807) is 0 Å². The van der Waals surface area contributed by atoms with E-state index in [1.165, 1.54) is 6.07 Å². The monoisotopic (exact) mass is 236 g/mol. The van der Waals surface area contributed by atoms with Crippen molar-refractivity contribution in [3.8, 4) is 0 Å². The Morgan fingerprint density at radius 3 is 2.94 bits per heavy atom. The van der Waals surface area contributed by atoms with Crippen molar-refractivity contribution < 1.29 is 0 Å². The molecule has 2 rings (SSSR count). The maximum Gasteiger partial charge on any atom is 0.252 e. The lowest BCUT2D eigenvalue weighted by Crippen LogP contribution is -2.25. The van der Waals surface area contributed by atoms with Crippen LogP contribution in [0.5, 0.6) is 0 Å². The van der Waals surface area contributed by atoms with Crippen molar-refractivity contribution in [1.82, 2.24) is 14.9 Å². The van der Waals surface area contributed by atoms with Gasteiger partial charge in [0.15, 0.2) is 0 Å². The van der Waals surface area contributed by atoms with Crippen LogP contribution in [0.25, 0.3) is 0 Å². The van der Waals surface area contributed by atoms with Crippen LogP contribution >= 0.6 is 0 Å². The molecule has 2 heterocycles. The minimum atomic E-state index is -0.0856. The molecule has 0 aromatic carbocycles. The zero-order chi connectivity index (χ0) is 12.4. The first-order chi connectivity index (χ1) is 8.04. The molecule has 1 fully saturated rings. The Bertz CT molecular complexity index is 440. The molecule has 2 N–H and O–H groups in total. The Balaban J connectivity index is 2.13. The van der Waals surface area contributed by atoms with Crippen molar-refractivity contribution >= 4 is 5.82 Å². The number of nitrogens with one attached hydrogen (secondary N) is 2. The summed E-state index contributed by atoms with van der Waals surface area (Å²) >= 11 is 0. The van der Waals surface area contributed by atoms with Crippen LogP contribution in [-0.4, -0.2) is 41.0 Å². The normalized spacial score (nSPS) is 21.1. The Labute approximate surface area is 101 Å². The summed E-state index contributed by atoms with van der Waals surface area (Å²) < 4.78 is 0. The van der Waals surface area contributed by atoms with E-state index in [-0.39, 0.29) is 11.5 Å². The number of aromatic amines is 1. The summed E-state index contributed by atoms with van der Waals surface area (Å²) in [5.41, 5.74) is -0.0856. The molecule has 0 amide bonds. The molecule has 1 aromatic heterocycles. The average Bonchev–Trinajstić information content (AvgIpc) is 2.63. The fraction of sp³-hybridized carbons (Fsp3) is 0.667. The second kappa shape index (κ2) is 4.87. The summed E-state index contributed by atoms with van der Waals surface area (Å²) in [5.74, 6) is 1.67. The molecule has 1 unspecified atom stereocenters. The van der Waals surface area contributed by atoms with E-state index in [0.717, 1.165) is 25.3 Å². The minimum Gasteiger partial charge on any atom is -0.366 e. The minimum absolute atomic E-state index is 0.0856. The lowest BCUT2D eigenvalue weighted by atomic mass is 10.2. The van der Waals surface area contributed by atoms with Crippen LogP contribution in [0.1, 0.15) is 32.0 Å². The Hall–Kier alpha value is -1.36. The molecule has 17 heavy (non-hydrogen) atoms. The number of hydrogen-bond acceptors (Lipinski definition) is 4. The van der Waals surface area contributed by atoms with Gasteiger partial charge in [0.05, 0.1) is 0 Å². The highest BCUT2D eigenvalue weighted by Crippen LogP contribution is 2.13. The number of likely N-dealkylation sites (tertiary alicyclic amines) is 1. The molecular weight excluding hydrogens is 216 g/mol. The third-order valence-corrected chi connectivity index (χ3v) is 3.05. The molecule has 0 spiro atoms. The van der Waals surface area contributed by atoms with E-state index in [0.29, 0.717) is 11.9 Å². The van der Waals surface area contributed by atoms with Crippen LogP contribution in [-0.2, 0) is 0 Å². The van der Waals surface area contributed by atoms with Crippen LogP contribution in [0.3, 0.4) is 0 Å². The largest absolute Gasteiger partial charge is 0.366 e. The number of likely N-dealkylation sites (N-methyl/N-ethyl adjacent to an activating group) is 1. The van der Waals surface area contributed by atoms with Gasteiger partial charge in [0, 0.05) is 24.6 Å². The zero-order valence-electron chi connectivity index (χ0n) is 10.7. The summed E-state index contributed by atoms with van der Waals surface area (Å²) in [4.78, 5) is 21.0. The number of nitrogens with zero attached hydrogens (tertiary/aromatic N) is 2. The van der Waals surface area contributed by atoms with Gasteiger partial charge >= 0.3 is 0 Å². The fourth-order valence-corrected chi connectivity index (χ4v) is 2.09. The van der Waals surface area contributed by atoms with E-state index in [4.69, 9.17) is 0 Å². The van der Waals surface area contributed by atoms with Crippen molar-refractivity contribution in [3.05, 3.63) is 22.2 Å². The number of aromatic nitrogens is 2. The van der Waals surface area contributed by atoms with Crippen LogP contribution in [0.15, 0.2) is 10.9 Å². The van der Waals surface area contributed by atoms with Crippen molar-refractivity contribution in [3.63, 3.8) is 0 Å².